The third-order valence-electron chi connectivity index (χ3n) is 3.74. The van der Waals surface area contributed by atoms with Gasteiger partial charge in [-0.2, -0.15) is 0 Å². The maximum atomic E-state index is 12.1. The smallest absolute Gasteiger partial charge is 0.269 e. The van der Waals surface area contributed by atoms with Gasteiger partial charge < -0.3 is 4.90 Å². The monoisotopic (exact) mass is 379 g/mol. The molecule has 2 N–H and O–H groups in total. The van der Waals surface area contributed by atoms with Crippen LogP contribution in [0.25, 0.3) is 0 Å². The van der Waals surface area contributed by atoms with E-state index in [4.69, 9.17) is 0 Å². The molecule has 1 fully saturated rings. The van der Waals surface area contributed by atoms with Crippen LogP contribution in [-0.2, 0) is 9.59 Å². The number of nitrogens with one attached hydrogen (secondary N) is 2. The molecule has 1 aliphatic rings. The van der Waals surface area contributed by atoms with Crippen molar-refractivity contribution in [2.45, 2.75) is 12.8 Å². The van der Waals surface area contributed by atoms with Gasteiger partial charge in [0.1, 0.15) is 0 Å². The van der Waals surface area contributed by atoms with Crippen molar-refractivity contribution in [3.8, 4) is 0 Å². The van der Waals surface area contributed by atoms with Crippen LogP contribution >= 0.6 is 15.9 Å². The number of hydrazine groups is 1. The van der Waals surface area contributed by atoms with Crippen molar-refractivity contribution in [3.05, 3.63) is 47.0 Å². The summed E-state index contributed by atoms with van der Waals surface area (Å²) in [4.78, 5) is 37.2. The molecule has 1 aromatic carbocycles. The van der Waals surface area contributed by atoms with Gasteiger partial charge in [0.05, 0.1) is 0 Å². The molecule has 3 amide bonds. The third-order valence-corrected chi connectivity index (χ3v) is 4.23. The lowest BCUT2D eigenvalue weighted by Gasteiger charge is -2.30. The number of nitrogens with zero attached hydrogens (tertiary/aromatic N) is 1. The molecule has 1 aromatic rings. The number of hydrogen-bond acceptors (Lipinski definition) is 3. The normalized spacial score (nSPS) is 14.9. The van der Waals surface area contributed by atoms with Gasteiger partial charge in [0.15, 0.2) is 0 Å². The standard InChI is InChI=1S/C16H18BrN3O3/c1-2-14(21)20-8-6-11(7-9-20)15(22)18-19-16(23)12-4-3-5-13(17)10-12/h2-5,10-11H,1,6-9H2,(H,18,22)(H,19,23). The molecular weight excluding hydrogens is 362 g/mol. The van der Waals surface area contributed by atoms with Crippen molar-refractivity contribution >= 4 is 33.7 Å². The Morgan fingerprint density at radius 1 is 1.22 bits per heavy atom. The van der Waals surface area contributed by atoms with Crippen molar-refractivity contribution in [2.75, 3.05) is 13.1 Å². The molecule has 6 nitrogen and oxygen atoms in total. The molecule has 23 heavy (non-hydrogen) atoms. The number of carbonyl (C=O) groups excluding carboxylic acids is 3. The van der Waals surface area contributed by atoms with Gasteiger partial charge in [-0.25, -0.2) is 0 Å². The van der Waals surface area contributed by atoms with Gasteiger partial charge in [0.25, 0.3) is 5.91 Å². The van der Waals surface area contributed by atoms with Gasteiger partial charge in [-0.1, -0.05) is 28.6 Å². The topological polar surface area (TPSA) is 78.5 Å². The molecule has 122 valence electrons. The third kappa shape index (κ3) is 4.66. The summed E-state index contributed by atoms with van der Waals surface area (Å²) in [6.07, 6.45) is 2.41. The molecule has 2 rings (SSSR count). The summed E-state index contributed by atoms with van der Waals surface area (Å²) >= 11 is 3.29. The molecule has 1 aliphatic heterocycles. The Kier molecular flexibility index (Phi) is 5.92. The summed E-state index contributed by atoms with van der Waals surface area (Å²) in [6.45, 7) is 4.49. The highest BCUT2D eigenvalue weighted by atomic mass is 79.9. The number of amides is 3. The quantitative estimate of drug-likeness (QED) is 0.618. The van der Waals surface area contributed by atoms with Crippen molar-refractivity contribution in [1.82, 2.24) is 15.8 Å². The highest BCUT2D eigenvalue weighted by Crippen LogP contribution is 2.17. The molecule has 7 heteroatoms. The van der Waals surface area contributed by atoms with E-state index in [2.05, 4.69) is 33.4 Å². The number of hydrogen-bond donors (Lipinski definition) is 2. The largest absolute Gasteiger partial charge is 0.339 e. The van der Waals surface area contributed by atoms with Crippen LogP contribution in [0.5, 0.6) is 0 Å². The second kappa shape index (κ2) is 7.92. The van der Waals surface area contributed by atoms with E-state index in [0.717, 1.165) is 4.47 Å². The van der Waals surface area contributed by atoms with Crippen LogP contribution in [0.3, 0.4) is 0 Å². The fourth-order valence-corrected chi connectivity index (χ4v) is 2.81. The molecule has 0 aliphatic carbocycles. The molecule has 1 saturated heterocycles. The summed E-state index contributed by atoms with van der Waals surface area (Å²) in [7, 11) is 0. The maximum Gasteiger partial charge on any atom is 0.269 e. The van der Waals surface area contributed by atoms with E-state index in [9.17, 15) is 14.4 Å². The van der Waals surface area contributed by atoms with Gasteiger partial charge in [-0.05, 0) is 37.1 Å². The number of carbonyl (C=O) groups is 3. The average Bonchev–Trinajstić information content (AvgIpc) is 2.58. The number of benzene rings is 1. The lowest BCUT2D eigenvalue weighted by Crippen LogP contribution is -2.48. The van der Waals surface area contributed by atoms with E-state index in [1.807, 2.05) is 6.07 Å². The first-order chi connectivity index (χ1) is 11.0. The fourth-order valence-electron chi connectivity index (χ4n) is 2.41. The lowest BCUT2D eigenvalue weighted by molar-refractivity contribution is -0.132. The Morgan fingerprint density at radius 2 is 1.91 bits per heavy atom. The van der Waals surface area contributed by atoms with Gasteiger partial charge in [0.2, 0.25) is 11.8 Å². The molecule has 0 atom stereocenters. The highest BCUT2D eigenvalue weighted by molar-refractivity contribution is 9.10. The first kappa shape index (κ1) is 17.2. The first-order valence-electron chi connectivity index (χ1n) is 7.28. The van der Waals surface area contributed by atoms with Gasteiger partial charge >= 0.3 is 0 Å². The van der Waals surface area contributed by atoms with E-state index in [1.165, 1.54) is 6.08 Å². The minimum absolute atomic E-state index is 0.119. The predicted molar refractivity (Wildman–Crippen MR) is 89.3 cm³/mol. The Labute approximate surface area is 143 Å². The van der Waals surface area contributed by atoms with Crippen molar-refractivity contribution in [1.29, 1.82) is 0 Å². The second-order valence-electron chi connectivity index (χ2n) is 5.26. The number of halogens is 1. The van der Waals surface area contributed by atoms with Crippen LogP contribution in [0.1, 0.15) is 23.2 Å². The molecule has 0 spiro atoms. The minimum atomic E-state index is -0.376. The van der Waals surface area contributed by atoms with E-state index in [0.29, 0.717) is 31.5 Å². The second-order valence-corrected chi connectivity index (χ2v) is 6.17. The zero-order valence-corrected chi connectivity index (χ0v) is 14.1. The van der Waals surface area contributed by atoms with E-state index in [-0.39, 0.29) is 23.6 Å². The van der Waals surface area contributed by atoms with Crippen LogP contribution < -0.4 is 10.9 Å². The van der Waals surface area contributed by atoms with Gasteiger partial charge in [-0.15, -0.1) is 0 Å². The number of piperidine rings is 1. The fraction of sp³-hybridized carbons (Fsp3) is 0.312. The van der Waals surface area contributed by atoms with Crippen molar-refractivity contribution < 1.29 is 14.4 Å². The van der Waals surface area contributed by atoms with E-state index >= 15 is 0 Å². The summed E-state index contributed by atoms with van der Waals surface area (Å²) < 4.78 is 0.788. The first-order valence-corrected chi connectivity index (χ1v) is 8.07. The van der Waals surface area contributed by atoms with Crippen LogP contribution in [0.15, 0.2) is 41.4 Å². The Bertz CT molecular complexity index is 625. The van der Waals surface area contributed by atoms with Crippen LogP contribution in [0, 0.1) is 5.92 Å². The Morgan fingerprint density at radius 3 is 2.52 bits per heavy atom. The van der Waals surface area contributed by atoms with E-state index in [1.54, 1.807) is 23.1 Å². The Balaban J connectivity index is 1.80. The summed E-state index contributed by atoms with van der Waals surface area (Å²) in [5, 5.41) is 0. The lowest BCUT2D eigenvalue weighted by atomic mass is 9.96. The summed E-state index contributed by atoms with van der Waals surface area (Å²) in [5.74, 6) is -0.948. The Hall–Kier alpha value is -2.15. The maximum absolute atomic E-state index is 12.1. The molecule has 0 radical (unpaired) electrons. The zero-order valence-electron chi connectivity index (χ0n) is 12.5. The molecule has 1 heterocycles. The minimum Gasteiger partial charge on any atom is -0.339 e. The SMILES string of the molecule is C=CC(=O)N1CCC(C(=O)NNC(=O)c2cccc(Br)c2)CC1. The van der Waals surface area contributed by atoms with Gasteiger partial charge in [0, 0.05) is 29.0 Å². The van der Waals surface area contributed by atoms with E-state index < -0.39 is 0 Å². The van der Waals surface area contributed by atoms with Crippen molar-refractivity contribution in [2.24, 2.45) is 5.92 Å². The number of likely N-dealkylation sites (tertiary alicyclic amines) is 1. The van der Waals surface area contributed by atoms with Crippen LogP contribution in [-0.4, -0.2) is 35.7 Å². The zero-order chi connectivity index (χ0) is 16.8. The molecule has 0 unspecified atom stereocenters. The molecular formula is C16H18BrN3O3. The molecule has 0 bridgehead atoms. The van der Waals surface area contributed by atoms with Gasteiger partial charge in [-0.3, -0.25) is 25.2 Å². The summed E-state index contributed by atoms with van der Waals surface area (Å²) in [6, 6.07) is 6.88. The molecule has 0 aromatic heterocycles. The van der Waals surface area contributed by atoms with Crippen LogP contribution in [0.2, 0.25) is 0 Å². The predicted octanol–water partition coefficient (Wildman–Crippen LogP) is 1.63. The molecule has 0 saturated carbocycles. The van der Waals surface area contributed by atoms with Crippen molar-refractivity contribution in [3.63, 3.8) is 0 Å². The van der Waals surface area contributed by atoms with Crippen LogP contribution in [0.4, 0.5) is 0 Å². The number of rotatable bonds is 3. The average molecular weight is 380 g/mol. The highest BCUT2D eigenvalue weighted by Gasteiger charge is 2.26. The summed E-state index contributed by atoms with van der Waals surface area (Å²) in [5.41, 5.74) is 5.31.